The minimum Gasteiger partial charge on any atom is -0.0654 e. The molecule has 0 rings (SSSR count). The Bertz CT molecular complexity index is 196. The fourth-order valence-electron chi connectivity index (χ4n) is 3.58. The molecule has 0 aromatic rings. The lowest BCUT2D eigenvalue weighted by Gasteiger charge is -2.27. The SMILES string of the molecule is CCCCCCCC(CC(CC)CCCCC)C(C)CC. The highest BCUT2D eigenvalue weighted by molar-refractivity contribution is 4.71. The fraction of sp³-hybridized carbons (Fsp3) is 1.00. The van der Waals surface area contributed by atoms with E-state index in [-0.39, 0.29) is 0 Å². The molecule has 0 saturated heterocycles. The zero-order valence-electron chi connectivity index (χ0n) is 15.9. The zero-order chi connectivity index (χ0) is 15.9. The monoisotopic (exact) mass is 296 g/mol. The normalized spacial score (nSPS) is 15.9. The minimum absolute atomic E-state index is 0.927. The van der Waals surface area contributed by atoms with Crippen molar-refractivity contribution in [2.24, 2.45) is 17.8 Å². The Morgan fingerprint density at radius 3 is 1.76 bits per heavy atom. The highest BCUT2D eigenvalue weighted by Gasteiger charge is 2.19. The summed E-state index contributed by atoms with van der Waals surface area (Å²) in [4.78, 5) is 0. The van der Waals surface area contributed by atoms with E-state index in [9.17, 15) is 0 Å². The van der Waals surface area contributed by atoms with Crippen LogP contribution in [0.4, 0.5) is 0 Å². The van der Waals surface area contributed by atoms with Crippen molar-refractivity contribution in [3.05, 3.63) is 0 Å². The molecule has 0 radical (unpaired) electrons. The first-order chi connectivity index (χ1) is 10.2. The van der Waals surface area contributed by atoms with Crippen LogP contribution in [0.25, 0.3) is 0 Å². The van der Waals surface area contributed by atoms with Gasteiger partial charge in [0.1, 0.15) is 0 Å². The maximum Gasteiger partial charge on any atom is -0.0386 e. The van der Waals surface area contributed by atoms with Crippen molar-refractivity contribution >= 4 is 0 Å². The molecular formula is C21H44. The molecule has 0 N–H and O–H groups in total. The first kappa shape index (κ1) is 21.0. The van der Waals surface area contributed by atoms with Crippen LogP contribution >= 0.6 is 0 Å². The van der Waals surface area contributed by atoms with Crippen molar-refractivity contribution < 1.29 is 0 Å². The van der Waals surface area contributed by atoms with Crippen LogP contribution in [0.1, 0.15) is 118 Å². The van der Waals surface area contributed by atoms with Crippen LogP contribution in [-0.2, 0) is 0 Å². The van der Waals surface area contributed by atoms with Gasteiger partial charge in [-0.1, -0.05) is 112 Å². The van der Waals surface area contributed by atoms with Gasteiger partial charge in [-0.15, -0.1) is 0 Å². The summed E-state index contributed by atoms with van der Waals surface area (Å²) in [6, 6.07) is 0. The summed E-state index contributed by atoms with van der Waals surface area (Å²) in [7, 11) is 0. The molecule has 0 nitrogen and oxygen atoms in total. The van der Waals surface area contributed by atoms with E-state index >= 15 is 0 Å². The van der Waals surface area contributed by atoms with Gasteiger partial charge in [-0.05, 0) is 24.2 Å². The predicted molar refractivity (Wildman–Crippen MR) is 98.9 cm³/mol. The average Bonchev–Trinajstić information content (AvgIpc) is 2.51. The van der Waals surface area contributed by atoms with Crippen LogP contribution in [0, 0.1) is 17.8 Å². The maximum atomic E-state index is 2.50. The summed E-state index contributed by atoms with van der Waals surface area (Å²) in [5.41, 5.74) is 0. The first-order valence-corrected chi connectivity index (χ1v) is 10.2. The van der Waals surface area contributed by atoms with E-state index in [0.29, 0.717) is 0 Å². The summed E-state index contributed by atoms with van der Waals surface area (Å²) in [5.74, 6) is 2.91. The minimum atomic E-state index is 0.927. The Labute approximate surface area is 136 Å². The van der Waals surface area contributed by atoms with E-state index in [1.807, 2.05) is 0 Å². The first-order valence-electron chi connectivity index (χ1n) is 10.2. The third-order valence-corrected chi connectivity index (χ3v) is 5.56. The van der Waals surface area contributed by atoms with Crippen molar-refractivity contribution in [2.75, 3.05) is 0 Å². The third kappa shape index (κ3) is 11.2. The lowest BCUT2D eigenvalue weighted by atomic mass is 9.78. The molecule has 0 aromatic carbocycles. The molecule has 128 valence electrons. The van der Waals surface area contributed by atoms with Gasteiger partial charge in [-0.3, -0.25) is 0 Å². The second-order valence-corrected chi connectivity index (χ2v) is 7.35. The lowest BCUT2D eigenvalue weighted by molar-refractivity contribution is 0.240. The van der Waals surface area contributed by atoms with Gasteiger partial charge in [0.15, 0.2) is 0 Å². The molecule has 0 heterocycles. The fourth-order valence-corrected chi connectivity index (χ4v) is 3.58. The summed E-state index contributed by atoms with van der Waals surface area (Å²) in [6.07, 6.45) is 18.7. The van der Waals surface area contributed by atoms with E-state index in [2.05, 4.69) is 34.6 Å². The molecule has 3 atom stereocenters. The Morgan fingerprint density at radius 1 is 0.619 bits per heavy atom. The van der Waals surface area contributed by atoms with Crippen LogP contribution in [0.3, 0.4) is 0 Å². The number of rotatable bonds is 15. The molecule has 0 aliphatic carbocycles. The van der Waals surface area contributed by atoms with E-state index in [0.717, 1.165) is 17.8 Å². The molecule has 0 fully saturated rings. The molecule has 21 heavy (non-hydrogen) atoms. The predicted octanol–water partition coefficient (Wildman–Crippen LogP) is 8.01. The number of hydrogen-bond donors (Lipinski definition) is 0. The van der Waals surface area contributed by atoms with Crippen LogP contribution in [0.5, 0.6) is 0 Å². The topological polar surface area (TPSA) is 0 Å². The van der Waals surface area contributed by atoms with Crippen LogP contribution in [0.15, 0.2) is 0 Å². The number of hydrogen-bond acceptors (Lipinski definition) is 0. The van der Waals surface area contributed by atoms with Crippen molar-refractivity contribution in [3.8, 4) is 0 Å². The molecule has 3 unspecified atom stereocenters. The molecular weight excluding hydrogens is 252 g/mol. The largest absolute Gasteiger partial charge is 0.0654 e. The second-order valence-electron chi connectivity index (χ2n) is 7.35. The zero-order valence-corrected chi connectivity index (χ0v) is 15.9. The standard InChI is InChI=1S/C21H44/c1-6-10-12-13-15-17-21(19(5)8-3)18-20(9-4)16-14-11-7-2/h19-21H,6-18H2,1-5H3. The van der Waals surface area contributed by atoms with Gasteiger partial charge in [0.2, 0.25) is 0 Å². The molecule has 0 heteroatoms. The van der Waals surface area contributed by atoms with Gasteiger partial charge in [-0.2, -0.15) is 0 Å². The molecule has 0 aromatic heterocycles. The highest BCUT2D eigenvalue weighted by atomic mass is 14.2. The quantitative estimate of drug-likeness (QED) is 0.268. The van der Waals surface area contributed by atoms with Crippen molar-refractivity contribution in [3.63, 3.8) is 0 Å². The van der Waals surface area contributed by atoms with E-state index in [1.165, 1.54) is 83.5 Å². The highest BCUT2D eigenvalue weighted by Crippen LogP contribution is 2.31. The van der Waals surface area contributed by atoms with Crippen molar-refractivity contribution in [2.45, 2.75) is 118 Å². The Kier molecular flexibility index (Phi) is 14.9. The van der Waals surface area contributed by atoms with Crippen molar-refractivity contribution in [1.29, 1.82) is 0 Å². The van der Waals surface area contributed by atoms with Gasteiger partial charge in [0.05, 0.1) is 0 Å². The lowest BCUT2D eigenvalue weighted by Crippen LogP contribution is -2.16. The Balaban J connectivity index is 4.12. The van der Waals surface area contributed by atoms with E-state index in [1.54, 1.807) is 0 Å². The molecule has 0 amide bonds. The molecule has 0 aliphatic rings. The third-order valence-electron chi connectivity index (χ3n) is 5.56. The smallest absolute Gasteiger partial charge is 0.0386 e. The van der Waals surface area contributed by atoms with Gasteiger partial charge >= 0.3 is 0 Å². The van der Waals surface area contributed by atoms with Crippen LogP contribution in [0.2, 0.25) is 0 Å². The van der Waals surface area contributed by atoms with Crippen molar-refractivity contribution in [1.82, 2.24) is 0 Å². The summed E-state index contributed by atoms with van der Waals surface area (Å²) in [6.45, 7) is 11.9. The maximum absolute atomic E-state index is 2.50. The molecule has 0 aliphatic heterocycles. The molecule has 0 saturated carbocycles. The Hall–Kier alpha value is 0. The van der Waals surface area contributed by atoms with Gasteiger partial charge < -0.3 is 0 Å². The number of unbranched alkanes of at least 4 members (excludes halogenated alkanes) is 6. The van der Waals surface area contributed by atoms with Crippen LogP contribution < -0.4 is 0 Å². The van der Waals surface area contributed by atoms with Gasteiger partial charge in [0.25, 0.3) is 0 Å². The summed E-state index contributed by atoms with van der Waals surface area (Å²) < 4.78 is 0. The van der Waals surface area contributed by atoms with E-state index in [4.69, 9.17) is 0 Å². The summed E-state index contributed by atoms with van der Waals surface area (Å²) >= 11 is 0. The summed E-state index contributed by atoms with van der Waals surface area (Å²) in [5, 5.41) is 0. The van der Waals surface area contributed by atoms with Crippen LogP contribution in [-0.4, -0.2) is 0 Å². The Morgan fingerprint density at radius 2 is 1.19 bits per heavy atom. The molecule has 0 spiro atoms. The second kappa shape index (κ2) is 14.9. The van der Waals surface area contributed by atoms with Gasteiger partial charge in [0, 0.05) is 0 Å². The molecule has 0 bridgehead atoms. The average molecular weight is 297 g/mol. The van der Waals surface area contributed by atoms with Gasteiger partial charge in [-0.25, -0.2) is 0 Å². The van der Waals surface area contributed by atoms with E-state index < -0.39 is 0 Å².